The summed E-state index contributed by atoms with van der Waals surface area (Å²) in [5.74, 6) is 0.0411. The van der Waals surface area contributed by atoms with Gasteiger partial charge in [-0.3, -0.25) is 4.79 Å². The van der Waals surface area contributed by atoms with Crippen molar-refractivity contribution in [1.82, 2.24) is 0 Å². The smallest absolute Gasteiger partial charge is 0.307 e. The van der Waals surface area contributed by atoms with Crippen LogP contribution in [0.5, 0.6) is 5.75 Å². The highest BCUT2D eigenvalue weighted by Crippen LogP contribution is 2.27. The SMILES string of the molecule is O=C(O)CC1CCc2ccccc2O1. The van der Waals surface area contributed by atoms with Crippen molar-refractivity contribution in [3.05, 3.63) is 29.8 Å². The maximum absolute atomic E-state index is 10.5. The molecule has 0 aliphatic carbocycles. The largest absolute Gasteiger partial charge is 0.490 e. The highest BCUT2D eigenvalue weighted by molar-refractivity contribution is 5.67. The fourth-order valence-corrected chi connectivity index (χ4v) is 1.72. The second-order valence-corrected chi connectivity index (χ2v) is 3.48. The Morgan fingerprint density at radius 1 is 1.50 bits per heavy atom. The van der Waals surface area contributed by atoms with Crippen LogP contribution in [0.2, 0.25) is 0 Å². The van der Waals surface area contributed by atoms with E-state index in [1.54, 1.807) is 0 Å². The predicted molar refractivity (Wildman–Crippen MR) is 51.4 cm³/mol. The number of para-hydroxylation sites is 1. The van der Waals surface area contributed by atoms with E-state index in [9.17, 15) is 4.79 Å². The van der Waals surface area contributed by atoms with E-state index in [1.165, 1.54) is 5.56 Å². The zero-order valence-electron chi connectivity index (χ0n) is 7.77. The molecule has 1 aliphatic rings. The highest BCUT2D eigenvalue weighted by Gasteiger charge is 2.21. The van der Waals surface area contributed by atoms with Gasteiger partial charge >= 0.3 is 5.97 Å². The molecule has 1 N–H and O–H groups in total. The quantitative estimate of drug-likeness (QED) is 0.777. The minimum atomic E-state index is -0.797. The van der Waals surface area contributed by atoms with Gasteiger partial charge in [0.15, 0.2) is 0 Å². The molecule has 0 saturated carbocycles. The van der Waals surface area contributed by atoms with Crippen LogP contribution in [0, 0.1) is 0 Å². The van der Waals surface area contributed by atoms with E-state index in [-0.39, 0.29) is 12.5 Å². The number of carbonyl (C=O) groups is 1. The molecule has 0 spiro atoms. The molecule has 1 aliphatic heterocycles. The summed E-state index contributed by atoms with van der Waals surface area (Å²) in [6, 6.07) is 7.79. The van der Waals surface area contributed by atoms with Crippen molar-refractivity contribution in [1.29, 1.82) is 0 Å². The lowest BCUT2D eigenvalue weighted by Crippen LogP contribution is -2.25. The zero-order chi connectivity index (χ0) is 9.97. The summed E-state index contributed by atoms with van der Waals surface area (Å²) in [6.45, 7) is 0. The van der Waals surface area contributed by atoms with Crippen LogP contribution in [0.25, 0.3) is 0 Å². The molecule has 0 bridgehead atoms. The topological polar surface area (TPSA) is 46.5 Å². The molecule has 1 aromatic carbocycles. The molecule has 1 heterocycles. The lowest BCUT2D eigenvalue weighted by atomic mass is 10.0. The predicted octanol–water partition coefficient (Wildman–Crippen LogP) is 1.85. The molecule has 0 saturated heterocycles. The van der Waals surface area contributed by atoms with Gasteiger partial charge in [-0.2, -0.15) is 0 Å². The van der Waals surface area contributed by atoms with Crippen molar-refractivity contribution in [2.24, 2.45) is 0 Å². The summed E-state index contributed by atoms with van der Waals surface area (Å²) in [4.78, 5) is 10.5. The number of ether oxygens (including phenoxy) is 1. The van der Waals surface area contributed by atoms with Crippen LogP contribution in [0.15, 0.2) is 24.3 Å². The zero-order valence-corrected chi connectivity index (χ0v) is 7.77. The third-order valence-electron chi connectivity index (χ3n) is 2.40. The summed E-state index contributed by atoms with van der Waals surface area (Å²) >= 11 is 0. The van der Waals surface area contributed by atoms with Gasteiger partial charge < -0.3 is 9.84 Å². The molecule has 3 nitrogen and oxygen atoms in total. The monoisotopic (exact) mass is 192 g/mol. The van der Waals surface area contributed by atoms with Crippen LogP contribution in [0.1, 0.15) is 18.4 Å². The van der Waals surface area contributed by atoms with Gasteiger partial charge in [-0.15, -0.1) is 0 Å². The Hall–Kier alpha value is -1.51. The molecule has 14 heavy (non-hydrogen) atoms. The lowest BCUT2D eigenvalue weighted by molar-refractivity contribution is -0.139. The van der Waals surface area contributed by atoms with Crippen LogP contribution < -0.4 is 4.74 Å². The number of hydrogen-bond donors (Lipinski definition) is 1. The number of aliphatic carboxylic acids is 1. The van der Waals surface area contributed by atoms with Gasteiger partial charge in [-0.1, -0.05) is 18.2 Å². The van der Waals surface area contributed by atoms with Crippen molar-refractivity contribution in [3.63, 3.8) is 0 Å². The van der Waals surface area contributed by atoms with E-state index < -0.39 is 5.97 Å². The summed E-state index contributed by atoms with van der Waals surface area (Å²) < 4.78 is 5.56. The highest BCUT2D eigenvalue weighted by atomic mass is 16.5. The van der Waals surface area contributed by atoms with E-state index in [0.717, 1.165) is 18.6 Å². The third-order valence-corrected chi connectivity index (χ3v) is 2.40. The summed E-state index contributed by atoms with van der Waals surface area (Å²) in [5.41, 5.74) is 1.18. The fraction of sp³-hybridized carbons (Fsp3) is 0.364. The fourth-order valence-electron chi connectivity index (χ4n) is 1.72. The van der Waals surface area contributed by atoms with Gasteiger partial charge in [0.2, 0.25) is 0 Å². The standard InChI is InChI=1S/C11H12O3/c12-11(13)7-9-6-5-8-3-1-2-4-10(8)14-9/h1-4,9H,5-7H2,(H,12,13). The maximum Gasteiger partial charge on any atom is 0.307 e. The van der Waals surface area contributed by atoms with Gasteiger partial charge in [0.1, 0.15) is 11.9 Å². The summed E-state index contributed by atoms with van der Waals surface area (Å²) in [5, 5.41) is 8.63. The van der Waals surface area contributed by atoms with Gasteiger partial charge in [0.25, 0.3) is 0 Å². The number of carboxylic acids is 1. The molecule has 1 unspecified atom stereocenters. The van der Waals surface area contributed by atoms with Crippen LogP contribution in [-0.4, -0.2) is 17.2 Å². The number of benzene rings is 1. The Morgan fingerprint density at radius 2 is 2.29 bits per heavy atom. The van der Waals surface area contributed by atoms with E-state index in [4.69, 9.17) is 9.84 Å². The summed E-state index contributed by atoms with van der Waals surface area (Å²) in [6.07, 6.45) is 1.63. The van der Waals surface area contributed by atoms with E-state index in [0.29, 0.717) is 0 Å². The number of aryl methyl sites for hydroxylation is 1. The van der Waals surface area contributed by atoms with E-state index in [2.05, 4.69) is 0 Å². The molecule has 0 amide bonds. The molecule has 2 rings (SSSR count). The van der Waals surface area contributed by atoms with Crippen molar-refractivity contribution in [2.75, 3.05) is 0 Å². The first-order valence-corrected chi connectivity index (χ1v) is 4.72. The van der Waals surface area contributed by atoms with Crippen molar-refractivity contribution in [3.8, 4) is 5.75 Å². The Kier molecular flexibility index (Phi) is 2.39. The number of carboxylic acid groups (broad SMARTS) is 1. The molecular weight excluding hydrogens is 180 g/mol. The molecule has 0 fully saturated rings. The molecule has 3 heteroatoms. The van der Waals surface area contributed by atoms with Gasteiger partial charge in [0, 0.05) is 0 Å². The van der Waals surface area contributed by atoms with Crippen LogP contribution >= 0.6 is 0 Å². The van der Waals surface area contributed by atoms with Gasteiger partial charge in [-0.25, -0.2) is 0 Å². The van der Waals surface area contributed by atoms with Crippen LogP contribution in [0.3, 0.4) is 0 Å². The van der Waals surface area contributed by atoms with Crippen molar-refractivity contribution >= 4 is 5.97 Å². The number of hydrogen-bond acceptors (Lipinski definition) is 2. The Balaban J connectivity index is 2.09. The molecule has 0 radical (unpaired) electrons. The first-order valence-electron chi connectivity index (χ1n) is 4.72. The minimum absolute atomic E-state index is 0.0916. The van der Waals surface area contributed by atoms with E-state index >= 15 is 0 Å². The van der Waals surface area contributed by atoms with Crippen molar-refractivity contribution in [2.45, 2.75) is 25.4 Å². The van der Waals surface area contributed by atoms with Crippen LogP contribution in [-0.2, 0) is 11.2 Å². The second kappa shape index (κ2) is 3.70. The van der Waals surface area contributed by atoms with E-state index in [1.807, 2.05) is 24.3 Å². The summed E-state index contributed by atoms with van der Waals surface area (Å²) in [7, 11) is 0. The molecule has 1 aromatic rings. The Bertz CT molecular complexity index is 346. The maximum atomic E-state index is 10.5. The van der Waals surface area contributed by atoms with Gasteiger partial charge in [0.05, 0.1) is 6.42 Å². The normalized spacial score (nSPS) is 19.6. The average molecular weight is 192 g/mol. The lowest BCUT2D eigenvalue weighted by Gasteiger charge is -2.24. The van der Waals surface area contributed by atoms with Gasteiger partial charge in [-0.05, 0) is 24.5 Å². The molecule has 0 aromatic heterocycles. The van der Waals surface area contributed by atoms with Crippen LogP contribution in [0.4, 0.5) is 0 Å². The van der Waals surface area contributed by atoms with Crippen molar-refractivity contribution < 1.29 is 14.6 Å². The Labute approximate surface area is 82.3 Å². The second-order valence-electron chi connectivity index (χ2n) is 3.48. The molecule has 1 atom stereocenters. The number of fused-ring (bicyclic) bond motifs is 1. The first kappa shape index (κ1) is 9.06. The third kappa shape index (κ3) is 1.87. The first-order chi connectivity index (χ1) is 6.75. The minimum Gasteiger partial charge on any atom is -0.490 e. The molecular formula is C11H12O3. The average Bonchev–Trinajstić information content (AvgIpc) is 2.17. The molecule has 74 valence electrons. The Morgan fingerprint density at radius 3 is 3.07 bits per heavy atom. The number of rotatable bonds is 2.